The molecule has 1 aliphatic heterocycles. The SMILES string of the molecule is C=CCCO.COc1ccc(F)cc1CCn1c(=O)n([C@H]2CCN(C)C2=O)c(=O)c2c(C)c(-n3cccn3)sc21. The summed E-state index contributed by atoms with van der Waals surface area (Å²) in [5.74, 6) is -0.158. The van der Waals surface area contributed by atoms with Crippen molar-refractivity contribution in [3.05, 3.63) is 87.1 Å². The minimum absolute atomic E-state index is 0.171. The summed E-state index contributed by atoms with van der Waals surface area (Å²) in [5.41, 5.74) is 0.246. The first-order valence-electron chi connectivity index (χ1n) is 12.8. The molecule has 1 saturated heterocycles. The molecule has 10 nitrogen and oxygen atoms in total. The molecule has 1 amide bonds. The van der Waals surface area contributed by atoms with Crippen LogP contribution in [0.5, 0.6) is 5.75 Å². The van der Waals surface area contributed by atoms with Crippen LogP contribution in [0.4, 0.5) is 4.39 Å². The Kier molecular flexibility index (Phi) is 9.00. The molecule has 1 atom stereocenters. The summed E-state index contributed by atoms with van der Waals surface area (Å²) in [5, 5.41) is 13.4. The van der Waals surface area contributed by atoms with Gasteiger partial charge < -0.3 is 14.7 Å². The number of amides is 1. The van der Waals surface area contributed by atoms with E-state index in [4.69, 9.17) is 9.84 Å². The predicted molar refractivity (Wildman–Crippen MR) is 152 cm³/mol. The van der Waals surface area contributed by atoms with Crippen molar-refractivity contribution in [2.45, 2.75) is 38.8 Å². The van der Waals surface area contributed by atoms with Gasteiger partial charge >= 0.3 is 5.69 Å². The first kappa shape index (κ1) is 29.0. The number of aliphatic hydroxyl groups excluding tert-OH is 1. The highest BCUT2D eigenvalue weighted by Crippen LogP contribution is 2.32. The normalized spacial score (nSPS) is 14.9. The third kappa shape index (κ3) is 5.50. The number of carbonyl (C=O) groups is 1. The molecule has 212 valence electrons. The number of likely N-dealkylation sites (N-methyl/N-ethyl adjacent to an activating group) is 1. The van der Waals surface area contributed by atoms with E-state index in [2.05, 4.69) is 11.7 Å². The Bertz CT molecular complexity index is 1640. The first-order chi connectivity index (χ1) is 19.2. The number of hydrogen-bond donors (Lipinski definition) is 1. The molecule has 0 aliphatic carbocycles. The Labute approximate surface area is 234 Å². The van der Waals surface area contributed by atoms with Crippen molar-refractivity contribution in [2.75, 3.05) is 27.3 Å². The zero-order chi connectivity index (χ0) is 29.0. The standard InChI is InChI=1S/C24H24FN5O4S.C4H8O/c1-14-19-21(32)30(17-8-11-27(2)20(17)31)24(33)28(23(19)35-22(14)29-10-4-9-26-29)12-7-15-13-16(25)5-6-18(15)34-3;1-2-3-4-5/h4-6,9-10,13,17H,7-8,11-12H2,1-3H3;2,5H,1,3-4H2/t17-;/m0./s1. The van der Waals surface area contributed by atoms with Crippen LogP contribution < -0.4 is 16.0 Å². The topological polar surface area (TPSA) is 112 Å². The molecular weight excluding hydrogens is 537 g/mol. The lowest BCUT2D eigenvalue weighted by atomic mass is 10.1. The summed E-state index contributed by atoms with van der Waals surface area (Å²) in [6.45, 7) is 6.07. The van der Waals surface area contributed by atoms with Crippen molar-refractivity contribution in [3.63, 3.8) is 0 Å². The lowest BCUT2D eigenvalue weighted by Crippen LogP contribution is -2.44. The van der Waals surface area contributed by atoms with Crippen molar-refractivity contribution in [1.29, 1.82) is 0 Å². The van der Waals surface area contributed by atoms with E-state index in [0.717, 1.165) is 4.57 Å². The number of hydrogen-bond acceptors (Lipinski definition) is 7. The molecule has 5 rings (SSSR count). The van der Waals surface area contributed by atoms with Gasteiger partial charge in [0.15, 0.2) is 0 Å². The van der Waals surface area contributed by atoms with Gasteiger partial charge in [-0.1, -0.05) is 17.4 Å². The minimum Gasteiger partial charge on any atom is -0.496 e. The molecule has 4 heterocycles. The smallest absolute Gasteiger partial charge is 0.332 e. The van der Waals surface area contributed by atoms with Crippen molar-refractivity contribution in [1.82, 2.24) is 23.8 Å². The predicted octanol–water partition coefficient (Wildman–Crippen LogP) is 3.07. The number of fused-ring (bicyclic) bond motifs is 1. The average molecular weight is 570 g/mol. The molecule has 4 aromatic rings. The van der Waals surface area contributed by atoms with E-state index in [-0.39, 0.29) is 19.1 Å². The number of halogens is 1. The average Bonchev–Trinajstić information content (AvgIpc) is 3.66. The third-order valence-electron chi connectivity index (χ3n) is 6.82. The number of carbonyl (C=O) groups excluding carboxylic acids is 1. The molecule has 0 saturated carbocycles. The van der Waals surface area contributed by atoms with Crippen LogP contribution in [0.2, 0.25) is 0 Å². The number of rotatable bonds is 8. The summed E-state index contributed by atoms with van der Waals surface area (Å²) >= 11 is 1.29. The van der Waals surface area contributed by atoms with E-state index in [1.165, 1.54) is 40.0 Å². The Morgan fingerprint density at radius 1 is 1.30 bits per heavy atom. The third-order valence-corrected chi connectivity index (χ3v) is 8.13. The molecule has 40 heavy (non-hydrogen) atoms. The van der Waals surface area contributed by atoms with Crippen molar-refractivity contribution in [2.24, 2.45) is 0 Å². The number of ether oxygens (including phenoxy) is 1. The van der Waals surface area contributed by atoms with Gasteiger partial charge in [-0.3, -0.25) is 14.2 Å². The number of likely N-dealkylation sites (tertiary alicyclic amines) is 1. The monoisotopic (exact) mass is 569 g/mol. The van der Waals surface area contributed by atoms with Crippen molar-refractivity contribution < 1.29 is 19.0 Å². The van der Waals surface area contributed by atoms with Crippen LogP contribution in [0, 0.1) is 12.7 Å². The number of aromatic nitrogens is 4. The maximum absolute atomic E-state index is 13.9. The van der Waals surface area contributed by atoms with Crippen LogP contribution in [-0.4, -0.2) is 62.1 Å². The fraction of sp³-hybridized carbons (Fsp3) is 0.357. The zero-order valence-electron chi connectivity index (χ0n) is 22.7. The molecule has 1 aliphatic rings. The van der Waals surface area contributed by atoms with E-state index in [1.54, 1.807) is 42.3 Å². The van der Waals surface area contributed by atoms with E-state index >= 15 is 0 Å². The lowest BCUT2D eigenvalue weighted by Gasteiger charge is -2.17. The molecule has 0 radical (unpaired) electrons. The van der Waals surface area contributed by atoms with Gasteiger partial charge in [-0.25, -0.2) is 18.4 Å². The van der Waals surface area contributed by atoms with Gasteiger partial charge in [0.1, 0.15) is 27.4 Å². The van der Waals surface area contributed by atoms with Gasteiger partial charge in [0.05, 0.1) is 12.5 Å². The van der Waals surface area contributed by atoms with E-state index in [9.17, 15) is 18.8 Å². The second-order valence-corrected chi connectivity index (χ2v) is 10.3. The molecule has 0 spiro atoms. The zero-order valence-corrected chi connectivity index (χ0v) is 23.5. The minimum atomic E-state index is -0.855. The van der Waals surface area contributed by atoms with Crippen LogP contribution in [-0.2, 0) is 17.8 Å². The molecule has 1 N–H and O–H groups in total. The number of thiophene rings is 1. The highest BCUT2D eigenvalue weighted by Gasteiger charge is 2.34. The van der Waals surface area contributed by atoms with Crippen LogP contribution >= 0.6 is 11.3 Å². The Morgan fingerprint density at radius 3 is 2.65 bits per heavy atom. The number of benzene rings is 1. The maximum Gasteiger partial charge on any atom is 0.332 e. The highest BCUT2D eigenvalue weighted by molar-refractivity contribution is 7.21. The first-order valence-corrected chi connectivity index (χ1v) is 13.6. The lowest BCUT2D eigenvalue weighted by molar-refractivity contribution is -0.129. The van der Waals surface area contributed by atoms with E-state index < -0.39 is 23.1 Å². The van der Waals surface area contributed by atoms with E-state index in [1.807, 2.05) is 6.92 Å². The number of aryl methyl sites for hydroxylation is 3. The van der Waals surface area contributed by atoms with Crippen molar-refractivity contribution in [3.8, 4) is 10.8 Å². The number of nitrogens with zero attached hydrogens (tertiary/aromatic N) is 5. The van der Waals surface area contributed by atoms with Gasteiger partial charge in [0.25, 0.3) is 5.56 Å². The summed E-state index contributed by atoms with van der Waals surface area (Å²) < 4.78 is 23.6. The van der Waals surface area contributed by atoms with Gasteiger partial charge in [-0.15, -0.1) is 6.58 Å². The Hall–Kier alpha value is -4.03. The number of aliphatic hydroxyl groups is 1. The fourth-order valence-electron chi connectivity index (χ4n) is 4.74. The van der Waals surface area contributed by atoms with Crippen LogP contribution in [0.25, 0.3) is 15.2 Å². The molecule has 3 aromatic heterocycles. The summed E-state index contributed by atoms with van der Waals surface area (Å²) in [6, 6.07) is 5.16. The summed E-state index contributed by atoms with van der Waals surface area (Å²) in [6.07, 6.45) is 6.47. The van der Waals surface area contributed by atoms with Gasteiger partial charge in [0.2, 0.25) is 5.91 Å². The van der Waals surface area contributed by atoms with Gasteiger partial charge in [-0.2, -0.15) is 5.10 Å². The largest absolute Gasteiger partial charge is 0.496 e. The van der Waals surface area contributed by atoms with Crippen LogP contribution in [0.15, 0.2) is 58.9 Å². The van der Waals surface area contributed by atoms with E-state index in [0.29, 0.717) is 57.9 Å². The van der Waals surface area contributed by atoms with Gasteiger partial charge in [0, 0.05) is 44.7 Å². The van der Waals surface area contributed by atoms with Crippen molar-refractivity contribution >= 4 is 27.5 Å². The maximum atomic E-state index is 13.9. The summed E-state index contributed by atoms with van der Waals surface area (Å²) in [7, 11) is 3.16. The molecule has 0 bridgehead atoms. The van der Waals surface area contributed by atoms with Crippen LogP contribution in [0.1, 0.15) is 30.0 Å². The Morgan fingerprint density at radius 2 is 2.08 bits per heavy atom. The second-order valence-electron chi connectivity index (χ2n) is 9.34. The molecule has 12 heteroatoms. The quantitative estimate of drug-likeness (QED) is 0.327. The van der Waals surface area contributed by atoms with Crippen LogP contribution in [0.3, 0.4) is 0 Å². The van der Waals surface area contributed by atoms with Gasteiger partial charge in [-0.05, 0) is 56.0 Å². The molecular formula is C28H32FN5O5S. The number of methoxy groups -OCH3 is 1. The molecule has 1 fully saturated rings. The highest BCUT2D eigenvalue weighted by atomic mass is 32.1. The molecule has 0 unspecified atom stereocenters. The Balaban J connectivity index is 0.000000681. The fourth-order valence-corrected chi connectivity index (χ4v) is 6.00. The molecule has 1 aromatic carbocycles. The summed E-state index contributed by atoms with van der Waals surface area (Å²) in [4.78, 5) is 42.2. The second kappa shape index (κ2) is 12.4.